The lowest BCUT2D eigenvalue weighted by molar-refractivity contribution is -0.144. The number of aromatic nitrogens is 1. The zero-order chi connectivity index (χ0) is 15.9. The molecule has 22 heavy (non-hydrogen) atoms. The molecule has 1 aliphatic heterocycles. The third-order valence-corrected chi connectivity index (χ3v) is 4.08. The van der Waals surface area contributed by atoms with Crippen molar-refractivity contribution in [1.82, 2.24) is 9.88 Å². The van der Waals surface area contributed by atoms with Gasteiger partial charge in [-0.2, -0.15) is 13.2 Å². The van der Waals surface area contributed by atoms with Crippen molar-refractivity contribution in [3.63, 3.8) is 0 Å². The van der Waals surface area contributed by atoms with Crippen LogP contribution < -0.4 is 5.32 Å². The van der Waals surface area contributed by atoms with Gasteiger partial charge in [-0.25, -0.2) is 4.98 Å². The first-order valence-electron chi connectivity index (χ1n) is 6.50. The quantitative estimate of drug-likeness (QED) is 0.917. The molecule has 0 aliphatic carbocycles. The van der Waals surface area contributed by atoms with Crippen molar-refractivity contribution in [1.29, 1.82) is 0 Å². The van der Waals surface area contributed by atoms with E-state index in [1.165, 1.54) is 17.4 Å². The molecule has 0 bridgehead atoms. The van der Waals surface area contributed by atoms with E-state index in [0.717, 1.165) is 9.91 Å². The smallest absolute Gasteiger partial charge is 0.359 e. The average molecular weight is 327 g/mol. The van der Waals surface area contributed by atoms with E-state index < -0.39 is 24.8 Å². The summed E-state index contributed by atoms with van der Waals surface area (Å²) in [7, 11) is 0. The summed E-state index contributed by atoms with van der Waals surface area (Å²) in [6.45, 7) is 0.440. The van der Waals surface area contributed by atoms with Crippen molar-refractivity contribution in [2.75, 3.05) is 11.9 Å². The van der Waals surface area contributed by atoms with Crippen molar-refractivity contribution in [2.45, 2.75) is 19.3 Å². The predicted octanol–water partition coefficient (Wildman–Crippen LogP) is 3.58. The topological polar surface area (TPSA) is 45.2 Å². The molecule has 1 aliphatic rings. The number of benzene rings is 1. The highest BCUT2D eigenvalue weighted by atomic mass is 32.1. The number of thiazole rings is 1. The molecule has 1 amide bonds. The Morgan fingerprint density at radius 2 is 2.09 bits per heavy atom. The van der Waals surface area contributed by atoms with Gasteiger partial charge in [0.25, 0.3) is 5.91 Å². The van der Waals surface area contributed by atoms with Crippen LogP contribution in [0.2, 0.25) is 0 Å². The van der Waals surface area contributed by atoms with Gasteiger partial charge in [-0.15, -0.1) is 11.3 Å². The molecule has 3 rings (SSSR count). The summed E-state index contributed by atoms with van der Waals surface area (Å²) in [6, 6.07) is 6.53. The lowest BCUT2D eigenvalue weighted by Crippen LogP contribution is -2.47. The second kappa shape index (κ2) is 5.28. The van der Waals surface area contributed by atoms with Crippen LogP contribution in [-0.4, -0.2) is 28.5 Å². The number of nitrogens with zero attached hydrogens (tertiary/aromatic N) is 2. The molecular weight excluding hydrogens is 315 g/mol. The van der Waals surface area contributed by atoms with E-state index in [1.807, 2.05) is 0 Å². The number of para-hydroxylation sites is 1. The van der Waals surface area contributed by atoms with Crippen LogP contribution in [0.3, 0.4) is 0 Å². The first-order chi connectivity index (χ1) is 10.3. The van der Waals surface area contributed by atoms with E-state index >= 15 is 0 Å². The normalized spacial score (nSPS) is 18.1. The van der Waals surface area contributed by atoms with Gasteiger partial charge in [-0.05, 0) is 19.1 Å². The van der Waals surface area contributed by atoms with Crippen molar-refractivity contribution in [2.24, 2.45) is 0 Å². The Bertz CT molecular complexity index is 713. The molecule has 0 spiro atoms. The van der Waals surface area contributed by atoms with Crippen molar-refractivity contribution in [3.05, 3.63) is 45.9 Å². The van der Waals surface area contributed by atoms with E-state index in [4.69, 9.17) is 0 Å². The van der Waals surface area contributed by atoms with Gasteiger partial charge in [-0.3, -0.25) is 4.79 Å². The van der Waals surface area contributed by atoms with Crippen LogP contribution in [0.5, 0.6) is 0 Å². The Labute approximate surface area is 128 Å². The first-order valence-corrected chi connectivity index (χ1v) is 7.38. The number of halogens is 3. The van der Waals surface area contributed by atoms with Gasteiger partial charge >= 0.3 is 6.18 Å². The van der Waals surface area contributed by atoms with Crippen LogP contribution in [0.25, 0.3) is 0 Å². The van der Waals surface area contributed by atoms with E-state index in [1.54, 1.807) is 30.5 Å². The molecule has 2 aromatic rings. The number of hydrogen-bond donors (Lipinski definition) is 1. The zero-order valence-electron chi connectivity index (χ0n) is 11.5. The maximum absolute atomic E-state index is 12.8. The molecule has 0 saturated heterocycles. The molecule has 1 atom stereocenters. The summed E-state index contributed by atoms with van der Waals surface area (Å²) in [5, 5.41) is 5.37. The fourth-order valence-corrected chi connectivity index (χ4v) is 3.02. The molecule has 8 heteroatoms. The minimum absolute atomic E-state index is 0.231. The zero-order valence-corrected chi connectivity index (χ0v) is 12.3. The molecular formula is C14H12F3N3OS. The number of carbonyl (C=O) groups excluding carboxylic acids is 1. The monoisotopic (exact) mass is 327 g/mol. The van der Waals surface area contributed by atoms with Gasteiger partial charge in [0, 0.05) is 11.1 Å². The number of rotatable bonds is 2. The van der Waals surface area contributed by atoms with Gasteiger partial charge in [0.05, 0.1) is 16.3 Å². The Morgan fingerprint density at radius 1 is 1.36 bits per heavy atom. The summed E-state index contributed by atoms with van der Waals surface area (Å²) in [6.07, 6.45) is -5.40. The fraction of sp³-hybridized carbons (Fsp3) is 0.286. The maximum atomic E-state index is 12.8. The van der Waals surface area contributed by atoms with E-state index in [-0.39, 0.29) is 5.56 Å². The summed E-state index contributed by atoms with van der Waals surface area (Å²) in [4.78, 5) is 17.4. The molecule has 0 fully saturated rings. The number of alkyl halides is 3. The number of hydrogen-bond acceptors (Lipinski definition) is 4. The number of carbonyl (C=O) groups is 1. The van der Waals surface area contributed by atoms with E-state index in [2.05, 4.69) is 10.3 Å². The third kappa shape index (κ3) is 2.78. The minimum Gasteiger partial charge on any atom is -0.359 e. The average Bonchev–Trinajstić information content (AvgIpc) is 2.87. The highest BCUT2D eigenvalue weighted by Gasteiger charge is 2.41. The summed E-state index contributed by atoms with van der Waals surface area (Å²) >= 11 is 1.33. The highest BCUT2D eigenvalue weighted by molar-refractivity contribution is 7.09. The first kappa shape index (κ1) is 14.8. The maximum Gasteiger partial charge on any atom is 0.406 e. The summed E-state index contributed by atoms with van der Waals surface area (Å²) in [5.74, 6) is -0.651. The molecule has 1 N–H and O–H groups in total. The van der Waals surface area contributed by atoms with Crippen molar-refractivity contribution in [3.8, 4) is 0 Å². The second-order valence-corrected chi connectivity index (χ2v) is 5.99. The Morgan fingerprint density at radius 3 is 2.73 bits per heavy atom. The molecule has 2 heterocycles. The second-order valence-electron chi connectivity index (χ2n) is 4.93. The SMILES string of the molecule is Cc1nc([C@@H]2Nc3ccccc3C(=O)N2CC(F)(F)F)cs1. The van der Waals surface area contributed by atoms with Crippen LogP contribution in [0, 0.1) is 6.92 Å². The van der Waals surface area contributed by atoms with E-state index in [9.17, 15) is 18.0 Å². The van der Waals surface area contributed by atoms with Gasteiger partial charge in [0.2, 0.25) is 0 Å². The molecule has 0 radical (unpaired) electrons. The molecule has 4 nitrogen and oxygen atoms in total. The number of aryl methyl sites for hydroxylation is 1. The Kier molecular flexibility index (Phi) is 3.56. The minimum atomic E-state index is -4.48. The van der Waals surface area contributed by atoms with Crippen LogP contribution in [0.4, 0.5) is 18.9 Å². The fourth-order valence-electron chi connectivity index (χ4n) is 2.39. The molecule has 1 aromatic heterocycles. The van der Waals surface area contributed by atoms with Gasteiger partial charge in [-0.1, -0.05) is 12.1 Å². The predicted molar refractivity (Wildman–Crippen MR) is 76.7 cm³/mol. The van der Waals surface area contributed by atoms with Crippen LogP contribution in [0.1, 0.15) is 27.2 Å². The van der Waals surface area contributed by atoms with Crippen LogP contribution in [0.15, 0.2) is 29.6 Å². The largest absolute Gasteiger partial charge is 0.406 e. The molecule has 1 aromatic carbocycles. The standard InChI is InChI=1S/C14H12F3N3OS/c1-8-18-11(6-22-8)12-19-10-5-3-2-4-9(10)13(21)20(12)7-14(15,16)17/h2-6,12,19H,7H2,1H3/t12-/m1/s1. The number of nitrogens with one attached hydrogen (secondary N) is 1. The lowest BCUT2D eigenvalue weighted by Gasteiger charge is -2.37. The molecule has 116 valence electrons. The van der Waals surface area contributed by atoms with Crippen molar-refractivity contribution >= 4 is 22.9 Å². The van der Waals surface area contributed by atoms with Gasteiger partial charge in [0.15, 0.2) is 0 Å². The highest BCUT2D eigenvalue weighted by Crippen LogP contribution is 2.35. The summed E-state index contributed by atoms with van der Waals surface area (Å²) in [5.41, 5.74) is 1.16. The van der Waals surface area contributed by atoms with Crippen molar-refractivity contribution < 1.29 is 18.0 Å². The number of amides is 1. The lowest BCUT2D eigenvalue weighted by atomic mass is 10.1. The molecule has 0 unspecified atom stereocenters. The third-order valence-electron chi connectivity index (χ3n) is 3.29. The van der Waals surface area contributed by atoms with Gasteiger partial charge in [0.1, 0.15) is 12.7 Å². The number of anilines is 1. The van der Waals surface area contributed by atoms with E-state index in [0.29, 0.717) is 11.4 Å². The Balaban J connectivity index is 2.04. The van der Waals surface area contributed by atoms with Crippen LogP contribution >= 0.6 is 11.3 Å². The van der Waals surface area contributed by atoms with Crippen LogP contribution in [-0.2, 0) is 0 Å². The Hall–Kier alpha value is -2.09. The summed E-state index contributed by atoms with van der Waals surface area (Å²) < 4.78 is 38.5. The van der Waals surface area contributed by atoms with Gasteiger partial charge < -0.3 is 10.2 Å². The molecule has 0 saturated carbocycles. The number of fused-ring (bicyclic) bond motifs is 1.